The Bertz CT molecular complexity index is 926. The maximum atomic E-state index is 12.4. The van der Waals surface area contributed by atoms with Crippen LogP contribution in [0.3, 0.4) is 0 Å². The largest absolute Gasteiger partial charge is 0.497 e. The molecule has 0 aliphatic carbocycles. The number of hydrogen-bond donors (Lipinski definition) is 2. The molecule has 0 atom stereocenters. The van der Waals surface area contributed by atoms with E-state index in [2.05, 4.69) is 21.7 Å². The van der Waals surface area contributed by atoms with Crippen molar-refractivity contribution < 1.29 is 14.3 Å². The highest BCUT2D eigenvalue weighted by Gasteiger charge is 2.07. The predicted octanol–water partition coefficient (Wildman–Crippen LogP) is 4.01. The first-order valence-corrected chi connectivity index (χ1v) is 8.96. The molecule has 3 aromatic rings. The molecule has 0 saturated heterocycles. The van der Waals surface area contributed by atoms with Crippen molar-refractivity contribution in [2.24, 2.45) is 0 Å². The molecule has 1 aromatic heterocycles. The van der Waals surface area contributed by atoms with Crippen molar-refractivity contribution >= 4 is 17.4 Å². The van der Waals surface area contributed by atoms with Crippen molar-refractivity contribution in [3.05, 3.63) is 78.0 Å². The summed E-state index contributed by atoms with van der Waals surface area (Å²) in [4.78, 5) is 16.7. The van der Waals surface area contributed by atoms with Crippen molar-refractivity contribution in [3.8, 4) is 11.5 Å². The summed E-state index contributed by atoms with van der Waals surface area (Å²) in [5.74, 6) is 2.04. The average molecular weight is 377 g/mol. The average Bonchev–Trinajstić information content (AvgIpc) is 2.74. The summed E-state index contributed by atoms with van der Waals surface area (Å²) in [6, 6.07) is 18.7. The second-order valence-corrected chi connectivity index (χ2v) is 6.15. The highest BCUT2D eigenvalue weighted by molar-refractivity contribution is 6.04. The number of carbonyl (C=O) groups is 1. The van der Waals surface area contributed by atoms with Crippen LogP contribution in [0, 0.1) is 0 Å². The van der Waals surface area contributed by atoms with Crippen LogP contribution < -0.4 is 20.1 Å². The van der Waals surface area contributed by atoms with E-state index in [0.29, 0.717) is 17.0 Å². The van der Waals surface area contributed by atoms with Gasteiger partial charge in [0.15, 0.2) is 0 Å². The highest BCUT2D eigenvalue weighted by Crippen LogP contribution is 2.18. The van der Waals surface area contributed by atoms with Gasteiger partial charge in [-0.3, -0.25) is 4.79 Å². The number of aromatic nitrogens is 1. The van der Waals surface area contributed by atoms with Gasteiger partial charge in [0.25, 0.3) is 5.91 Å². The third-order valence-electron chi connectivity index (χ3n) is 4.21. The van der Waals surface area contributed by atoms with Gasteiger partial charge in [-0.05, 0) is 48.4 Å². The Morgan fingerprint density at radius 3 is 2.43 bits per heavy atom. The number of pyridine rings is 1. The van der Waals surface area contributed by atoms with Crippen LogP contribution >= 0.6 is 0 Å². The maximum absolute atomic E-state index is 12.4. The Kier molecular flexibility index (Phi) is 6.46. The number of benzene rings is 2. The van der Waals surface area contributed by atoms with E-state index in [1.54, 1.807) is 38.6 Å². The van der Waals surface area contributed by atoms with Gasteiger partial charge in [0.05, 0.1) is 19.8 Å². The monoisotopic (exact) mass is 377 g/mol. The van der Waals surface area contributed by atoms with Crippen molar-refractivity contribution in [3.63, 3.8) is 0 Å². The molecule has 0 aliphatic rings. The van der Waals surface area contributed by atoms with Crippen LogP contribution in [0.15, 0.2) is 66.9 Å². The van der Waals surface area contributed by atoms with E-state index < -0.39 is 0 Å². The molecule has 1 heterocycles. The predicted molar refractivity (Wildman–Crippen MR) is 110 cm³/mol. The normalized spacial score (nSPS) is 10.2. The molecule has 0 unspecified atom stereocenters. The summed E-state index contributed by atoms with van der Waals surface area (Å²) in [6.45, 7) is 0.732. The molecule has 6 heteroatoms. The molecule has 0 radical (unpaired) electrons. The fourth-order valence-electron chi connectivity index (χ4n) is 2.70. The zero-order chi connectivity index (χ0) is 19.8. The smallest absolute Gasteiger partial charge is 0.257 e. The number of ether oxygens (including phenoxy) is 2. The second-order valence-electron chi connectivity index (χ2n) is 6.15. The van der Waals surface area contributed by atoms with Gasteiger partial charge in [-0.15, -0.1) is 0 Å². The van der Waals surface area contributed by atoms with Crippen molar-refractivity contribution in [2.75, 3.05) is 31.4 Å². The second kappa shape index (κ2) is 9.41. The van der Waals surface area contributed by atoms with Crippen molar-refractivity contribution in [1.82, 2.24) is 4.98 Å². The first-order valence-electron chi connectivity index (χ1n) is 8.96. The topological polar surface area (TPSA) is 72.5 Å². The molecule has 28 heavy (non-hydrogen) atoms. The molecular formula is C22H23N3O3. The Morgan fingerprint density at radius 2 is 1.71 bits per heavy atom. The lowest BCUT2D eigenvalue weighted by Crippen LogP contribution is -2.13. The van der Waals surface area contributed by atoms with Gasteiger partial charge in [-0.25, -0.2) is 4.98 Å². The third kappa shape index (κ3) is 5.23. The summed E-state index contributed by atoms with van der Waals surface area (Å²) < 4.78 is 10.4. The minimum absolute atomic E-state index is 0.219. The number of amides is 1. The zero-order valence-corrected chi connectivity index (χ0v) is 15.9. The molecule has 0 aliphatic heterocycles. The molecule has 0 spiro atoms. The van der Waals surface area contributed by atoms with Gasteiger partial charge in [-0.1, -0.05) is 18.2 Å². The Labute approximate surface area is 164 Å². The number of methoxy groups -OCH3 is 2. The van der Waals surface area contributed by atoms with Crippen LogP contribution in [-0.4, -0.2) is 31.7 Å². The van der Waals surface area contributed by atoms with Gasteiger partial charge in [0.2, 0.25) is 0 Å². The number of nitrogens with one attached hydrogen (secondary N) is 2. The number of hydrogen-bond acceptors (Lipinski definition) is 5. The number of anilines is 2. The van der Waals surface area contributed by atoms with Gasteiger partial charge in [-0.2, -0.15) is 0 Å². The van der Waals surface area contributed by atoms with E-state index in [1.807, 2.05) is 36.4 Å². The lowest BCUT2D eigenvalue weighted by atomic mass is 10.1. The van der Waals surface area contributed by atoms with Gasteiger partial charge in [0, 0.05) is 24.5 Å². The minimum atomic E-state index is -0.219. The summed E-state index contributed by atoms with van der Waals surface area (Å²) in [6.07, 6.45) is 2.40. The quantitative estimate of drug-likeness (QED) is 0.621. The van der Waals surface area contributed by atoms with Gasteiger partial charge >= 0.3 is 0 Å². The highest BCUT2D eigenvalue weighted by atomic mass is 16.5. The van der Waals surface area contributed by atoms with Crippen LogP contribution in [0.1, 0.15) is 15.9 Å². The standard InChI is InChI=1S/C22H23N3O3/c1-27-19-7-3-5-16(13-19)11-12-23-21-10-9-17(15-24-21)22(26)25-18-6-4-8-20(14-18)28-2/h3-10,13-15H,11-12H2,1-2H3,(H,23,24)(H,25,26). The molecule has 0 fully saturated rings. The first-order chi connectivity index (χ1) is 13.7. The van der Waals surface area contributed by atoms with E-state index in [9.17, 15) is 4.79 Å². The summed E-state index contributed by atoms with van der Waals surface area (Å²) in [5, 5.41) is 6.10. The number of rotatable bonds is 8. The Balaban J connectivity index is 1.53. The van der Waals surface area contributed by atoms with Gasteiger partial charge in [0.1, 0.15) is 17.3 Å². The summed E-state index contributed by atoms with van der Waals surface area (Å²) >= 11 is 0. The summed E-state index contributed by atoms with van der Waals surface area (Å²) in [5.41, 5.74) is 2.34. The third-order valence-corrected chi connectivity index (χ3v) is 4.21. The van der Waals surface area contributed by atoms with E-state index in [1.165, 1.54) is 5.56 Å². The van der Waals surface area contributed by atoms with Crippen LogP contribution in [0.25, 0.3) is 0 Å². The fourth-order valence-corrected chi connectivity index (χ4v) is 2.70. The molecule has 2 N–H and O–H groups in total. The number of carbonyl (C=O) groups excluding carboxylic acids is 1. The van der Waals surface area contributed by atoms with Crippen LogP contribution in [0.5, 0.6) is 11.5 Å². The van der Waals surface area contributed by atoms with Crippen LogP contribution in [0.4, 0.5) is 11.5 Å². The van der Waals surface area contributed by atoms with Crippen LogP contribution in [-0.2, 0) is 6.42 Å². The Morgan fingerprint density at radius 1 is 0.964 bits per heavy atom. The lowest BCUT2D eigenvalue weighted by Gasteiger charge is -2.09. The summed E-state index contributed by atoms with van der Waals surface area (Å²) in [7, 11) is 3.25. The maximum Gasteiger partial charge on any atom is 0.257 e. The molecule has 0 bridgehead atoms. The van der Waals surface area contributed by atoms with Crippen molar-refractivity contribution in [2.45, 2.75) is 6.42 Å². The van der Waals surface area contributed by atoms with E-state index >= 15 is 0 Å². The van der Waals surface area contributed by atoms with Crippen LogP contribution in [0.2, 0.25) is 0 Å². The SMILES string of the molecule is COc1cccc(CCNc2ccc(C(=O)Nc3cccc(OC)c3)cn2)c1. The zero-order valence-electron chi connectivity index (χ0n) is 15.9. The molecule has 2 aromatic carbocycles. The van der Waals surface area contributed by atoms with E-state index in [-0.39, 0.29) is 5.91 Å². The van der Waals surface area contributed by atoms with E-state index in [4.69, 9.17) is 9.47 Å². The molecule has 0 saturated carbocycles. The molecular weight excluding hydrogens is 354 g/mol. The van der Waals surface area contributed by atoms with Gasteiger partial charge < -0.3 is 20.1 Å². The molecule has 3 rings (SSSR count). The first kappa shape index (κ1) is 19.2. The van der Waals surface area contributed by atoms with E-state index in [0.717, 1.165) is 24.5 Å². The fraction of sp³-hybridized carbons (Fsp3) is 0.182. The van der Waals surface area contributed by atoms with Crippen molar-refractivity contribution in [1.29, 1.82) is 0 Å². The lowest BCUT2D eigenvalue weighted by molar-refractivity contribution is 0.102. The Hall–Kier alpha value is -3.54. The molecule has 6 nitrogen and oxygen atoms in total. The molecule has 144 valence electrons. The minimum Gasteiger partial charge on any atom is -0.497 e. The molecule has 1 amide bonds. The number of nitrogens with zero attached hydrogens (tertiary/aromatic N) is 1.